The second kappa shape index (κ2) is 8.45. The number of ether oxygens (including phenoxy) is 1. The molecule has 106 valence electrons. The first kappa shape index (κ1) is 15.4. The molecule has 1 aliphatic carbocycles. The third kappa shape index (κ3) is 4.92. The van der Waals surface area contributed by atoms with Crippen LogP contribution in [0.1, 0.15) is 38.5 Å². The molecular formula is C13H26N2O3. The molecule has 1 saturated carbocycles. The Kier molecular flexibility index (Phi) is 7.23. The Bertz CT molecular complexity index is 242. The molecular weight excluding hydrogens is 232 g/mol. The molecule has 18 heavy (non-hydrogen) atoms. The standard InChI is InChI=1S/C13H26N2O3/c1-18-9-10(7-8-16)15-13(17)11-5-3-2-4-6-12(11)14/h10-12,16H,2-9,14H2,1H3,(H,15,17). The highest BCUT2D eigenvalue weighted by Gasteiger charge is 2.28. The van der Waals surface area contributed by atoms with Gasteiger partial charge in [0.25, 0.3) is 0 Å². The summed E-state index contributed by atoms with van der Waals surface area (Å²) in [5.41, 5.74) is 6.06. The summed E-state index contributed by atoms with van der Waals surface area (Å²) in [6.45, 7) is 0.472. The average Bonchev–Trinajstić information content (AvgIpc) is 2.54. The van der Waals surface area contributed by atoms with Crippen molar-refractivity contribution in [2.24, 2.45) is 11.7 Å². The highest BCUT2D eigenvalue weighted by Crippen LogP contribution is 2.22. The van der Waals surface area contributed by atoms with Gasteiger partial charge in [-0.25, -0.2) is 0 Å². The number of hydrogen-bond acceptors (Lipinski definition) is 4. The van der Waals surface area contributed by atoms with Gasteiger partial charge < -0.3 is 20.9 Å². The number of carbonyl (C=O) groups excluding carboxylic acids is 1. The lowest BCUT2D eigenvalue weighted by Gasteiger charge is -2.24. The first-order valence-electron chi connectivity index (χ1n) is 6.84. The van der Waals surface area contributed by atoms with Crippen molar-refractivity contribution in [2.45, 2.75) is 50.6 Å². The quantitative estimate of drug-likeness (QED) is 0.602. The van der Waals surface area contributed by atoms with Crippen LogP contribution in [-0.2, 0) is 9.53 Å². The molecule has 5 nitrogen and oxygen atoms in total. The van der Waals surface area contributed by atoms with Crippen LogP contribution in [0.3, 0.4) is 0 Å². The zero-order valence-electron chi connectivity index (χ0n) is 11.2. The van der Waals surface area contributed by atoms with E-state index in [4.69, 9.17) is 15.6 Å². The molecule has 0 radical (unpaired) electrons. The highest BCUT2D eigenvalue weighted by molar-refractivity contribution is 5.79. The fraction of sp³-hybridized carbons (Fsp3) is 0.923. The van der Waals surface area contributed by atoms with Crippen molar-refractivity contribution in [2.75, 3.05) is 20.3 Å². The van der Waals surface area contributed by atoms with Crippen LogP contribution >= 0.6 is 0 Å². The first-order valence-corrected chi connectivity index (χ1v) is 6.84. The van der Waals surface area contributed by atoms with Gasteiger partial charge in [0.05, 0.1) is 18.6 Å². The lowest BCUT2D eigenvalue weighted by atomic mass is 9.94. The maximum absolute atomic E-state index is 12.2. The second-order valence-electron chi connectivity index (χ2n) is 5.08. The summed E-state index contributed by atoms with van der Waals surface area (Å²) >= 11 is 0. The summed E-state index contributed by atoms with van der Waals surface area (Å²) in [5.74, 6) is -0.0783. The summed E-state index contributed by atoms with van der Waals surface area (Å²) in [6.07, 6.45) is 5.65. The Morgan fingerprint density at radius 3 is 2.83 bits per heavy atom. The predicted molar refractivity (Wildman–Crippen MR) is 70.1 cm³/mol. The van der Waals surface area contributed by atoms with Crippen molar-refractivity contribution < 1.29 is 14.6 Å². The van der Waals surface area contributed by atoms with E-state index in [1.165, 1.54) is 0 Å². The number of carbonyl (C=O) groups is 1. The molecule has 1 fully saturated rings. The van der Waals surface area contributed by atoms with Crippen molar-refractivity contribution in [1.29, 1.82) is 0 Å². The van der Waals surface area contributed by atoms with Crippen LogP contribution in [-0.4, -0.2) is 43.4 Å². The minimum Gasteiger partial charge on any atom is -0.396 e. The molecule has 0 heterocycles. The third-order valence-electron chi connectivity index (χ3n) is 3.60. The van der Waals surface area contributed by atoms with E-state index in [-0.39, 0.29) is 30.5 Å². The topological polar surface area (TPSA) is 84.6 Å². The van der Waals surface area contributed by atoms with Crippen molar-refractivity contribution in [3.8, 4) is 0 Å². The Hall–Kier alpha value is -0.650. The molecule has 4 N–H and O–H groups in total. The number of amides is 1. The van der Waals surface area contributed by atoms with Crippen molar-refractivity contribution >= 4 is 5.91 Å². The van der Waals surface area contributed by atoms with Crippen LogP contribution in [0.5, 0.6) is 0 Å². The van der Waals surface area contributed by atoms with Gasteiger partial charge in [0, 0.05) is 19.8 Å². The fourth-order valence-electron chi connectivity index (χ4n) is 2.52. The van der Waals surface area contributed by atoms with E-state index in [9.17, 15) is 4.79 Å². The van der Waals surface area contributed by atoms with E-state index in [1.807, 2.05) is 0 Å². The molecule has 0 aromatic rings. The summed E-state index contributed by atoms with van der Waals surface area (Å²) in [6, 6.07) is -0.159. The Labute approximate surface area is 109 Å². The maximum Gasteiger partial charge on any atom is 0.224 e. The molecule has 0 aromatic heterocycles. The summed E-state index contributed by atoms with van der Waals surface area (Å²) < 4.78 is 5.04. The second-order valence-corrected chi connectivity index (χ2v) is 5.08. The van der Waals surface area contributed by atoms with Crippen molar-refractivity contribution in [3.05, 3.63) is 0 Å². The molecule has 1 aliphatic rings. The van der Waals surface area contributed by atoms with Gasteiger partial charge in [-0.2, -0.15) is 0 Å². The van der Waals surface area contributed by atoms with Crippen LogP contribution in [0.2, 0.25) is 0 Å². The molecule has 3 atom stereocenters. The lowest BCUT2D eigenvalue weighted by molar-refractivity contribution is -0.127. The SMILES string of the molecule is COCC(CCO)NC(=O)C1CCCCCC1N. The Morgan fingerprint density at radius 1 is 1.44 bits per heavy atom. The zero-order chi connectivity index (χ0) is 13.4. The van der Waals surface area contributed by atoms with E-state index in [0.717, 1.165) is 32.1 Å². The molecule has 3 unspecified atom stereocenters. The van der Waals surface area contributed by atoms with Crippen LogP contribution in [0.4, 0.5) is 0 Å². The van der Waals surface area contributed by atoms with Crippen molar-refractivity contribution in [1.82, 2.24) is 5.32 Å². The van der Waals surface area contributed by atoms with Gasteiger partial charge in [0.1, 0.15) is 0 Å². The average molecular weight is 258 g/mol. The number of aliphatic hydroxyl groups excluding tert-OH is 1. The van der Waals surface area contributed by atoms with Crippen LogP contribution < -0.4 is 11.1 Å². The molecule has 1 amide bonds. The molecule has 0 spiro atoms. The van der Waals surface area contributed by atoms with Gasteiger partial charge in [0.15, 0.2) is 0 Å². The van der Waals surface area contributed by atoms with Gasteiger partial charge in [0.2, 0.25) is 5.91 Å². The predicted octanol–water partition coefficient (Wildman–Crippen LogP) is 0.408. The van der Waals surface area contributed by atoms with Crippen molar-refractivity contribution in [3.63, 3.8) is 0 Å². The summed E-state index contributed by atoms with van der Waals surface area (Å²) in [4.78, 5) is 12.2. The Morgan fingerprint density at radius 2 is 2.17 bits per heavy atom. The number of aliphatic hydroxyl groups is 1. The minimum atomic E-state index is -0.122. The molecule has 0 saturated heterocycles. The van der Waals surface area contributed by atoms with E-state index in [2.05, 4.69) is 5.32 Å². The van der Waals surface area contributed by atoms with Gasteiger partial charge >= 0.3 is 0 Å². The number of hydrogen-bond donors (Lipinski definition) is 3. The van der Waals surface area contributed by atoms with E-state index >= 15 is 0 Å². The summed E-state index contributed by atoms with van der Waals surface area (Å²) in [5, 5.41) is 11.9. The van der Waals surface area contributed by atoms with E-state index < -0.39 is 0 Å². The third-order valence-corrected chi connectivity index (χ3v) is 3.60. The molecule has 5 heteroatoms. The normalized spacial score (nSPS) is 26.4. The summed E-state index contributed by atoms with van der Waals surface area (Å²) in [7, 11) is 1.59. The maximum atomic E-state index is 12.2. The number of rotatable bonds is 6. The first-order chi connectivity index (χ1) is 8.69. The highest BCUT2D eigenvalue weighted by atomic mass is 16.5. The monoisotopic (exact) mass is 258 g/mol. The number of nitrogens with one attached hydrogen (secondary N) is 1. The minimum absolute atomic E-state index is 0.0138. The van der Waals surface area contributed by atoms with Crippen LogP contribution in [0.25, 0.3) is 0 Å². The fourth-order valence-corrected chi connectivity index (χ4v) is 2.52. The number of methoxy groups -OCH3 is 1. The molecule has 0 aromatic carbocycles. The van der Waals surface area contributed by atoms with Gasteiger partial charge in [-0.05, 0) is 19.3 Å². The van der Waals surface area contributed by atoms with E-state index in [0.29, 0.717) is 13.0 Å². The van der Waals surface area contributed by atoms with Gasteiger partial charge in [-0.3, -0.25) is 4.79 Å². The Balaban J connectivity index is 2.49. The van der Waals surface area contributed by atoms with E-state index in [1.54, 1.807) is 7.11 Å². The molecule has 0 aliphatic heterocycles. The van der Waals surface area contributed by atoms with Crippen LogP contribution in [0.15, 0.2) is 0 Å². The van der Waals surface area contributed by atoms with Crippen LogP contribution in [0, 0.1) is 5.92 Å². The smallest absolute Gasteiger partial charge is 0.224 e. The number of nitrogens with two attached hydrogens (primary N) is 1. The lowest BCUT2D eigenvalue weighted by Crippen LogP contribution is -2.46. The largest absolute Gasteiger partial charge is 0.396 e. The van der Waals surface area contributed by atoms with Gasteiger partial charge in [-0.15, -0.1) is 0 Å². The molecule has 1 rings (SSSR count). The zero-order valence-corrected chi connectivity index (χ0v) is 11.2. The molecule has 0 bridgehead atoms. The van der Waals surface area contributed by atoms with Gasteiger partial charge in [-0.1, -0.05) is 19.3 Å².